The van der Waals surface area contributed by atoms with Gasteiger partial charge in [0.2, 0.25) is 0 Å². The second kappa shape index (κ2) is 6.38. The molecule has 15 heavy (non-hydrogen) atoms. The summed E-state index contributed by atoms with van der Waals surface area (Å²) in [7, 11) is 0. The topological polar surface area (TPSA) is 15.3 Å². The van der Waals surface area contributed by atoms with Crippen LogP contribution in [0.5, 0.6) is 0 Å². The predicted molar refractivity (Wildman–Crippen MR) is 58.3 cm³/mol. The van der Waals surface area contributed by atoms with Crippen LogP contribution in [0.4, 0.5) is 8.78 Å². The molecule has 2 unspecified atom stereocenters. The molecule has 1 aliphatic heterocycles. The van der Waals surface area contributed by atoms with Gasteiger partial charge in [0.25, 0.3) is 6.43 Å². The minimum Gasteiger partial charge on any atom is -0.307 e. The lowest BCUT2D eigenvalue weighted by molar-refractivity contribution is 0.110. The van der Waals surface area contributed by atoms with Gasteiger partial charge in [-0.05, 0) is 18.9 Å². The van der Waals surface area contributed by atoms with E-state index in [0.29, 0.717) is 5.92 Å². The maximum absolute atomic E-state index is 12.1. The summed E-state index contributed by atoms with van der Waals surface area (Å²) in [5.41, 5.74) is 0. The molecule has 0 spiro atoms. The van der Waals surface area contributed by atoms with Gasteiger partial charge in [0.05, 0.1) is 6.54 Å². The number of piperidine rings is 1. The van der Waals surface area contributed by atoms with Gasteiger partial charge in [-0.15, -0.1) is 0 Å². The second-order valence-electron chi connectivity index (χ2n) is 4.36. The Morgan fingerprint density at radius 1 is 1.33 bits per heavy atom. The number of rotatable bonds is 5. The van der Waals surface area contributed by atoms with E-state index in [9.17, 15) is 8.78 Å². The number of likely N-dealkylation sites (N-methyl/N-ethyl adjacent to an activating group) is 1. The highest BCUT2D eigenvalue weighted by atomic mass is 19.3. The molecule has 90 valence electrons. The lowest BCUT2D eigenvalue weighted by Crippen LogP contribution is -2.49. The Balaban J connectivity index is 2.35. The SMILES string of the molecule is CCC1CC(NCC(F)F)CN(CC)C1. The van der Waals surface area contributed by atoms with Gasteiger partial charge < -0.3 is 10.2 Å². The van der Waals surface area contributed by atoms with Crippen LogP contribution in [-0.4, -0.2) is 43.5 Å². The van der Waals surface area contributed by atoms with E-state index in [1.807, 2.05) is 0 Å². The zero-order chi connectivity index (χ0) is 11.3. The van der Waals surface area contributed by atoms with Crippen LogP contribution < -0.4 is 5.32 Å². The summed E-state index contributed by atoms with van der Waals surface area (Å²) in [6.45, 7) is 7.19. The molecular weight excluding hydrogens is 198 g/mol. The van der Waals surface area contributed by atoms with Crippen LogP contribution in [0.25, 0.3) is 0 Å². The van der Waals surface area contributed by atoms with E-state index in [2.05, 4.69) is 24.1 Å². The standard InChI is InChI=1S/C11H22F2N2/c1-3-9-5-10(14-6-11(12)13)8-15(4-2)7-9/h9-11,14H,3-8H2,1-2H3. The summed E-state index contributed by atoms with van der Waals surface area (Å²) >= 11 is 0. The largest absolute Gasteiger partial charge is 0.307 e. The van der Waals surface area contributed by atoms with Crippen LogP contribution in [0.1, 0.15) is 26.7 Å². The average Bonchev–Trinajstić information content (AvgIpc) is 2.25. The minimum atomic E-state index is -2.23. The van der Waals surface area contributed by atoms with Crippen molar-refractivity contribution in [2.45, 2.75) is 39.2 Å². The summed E-state index contributed by atoms with van der Waals surface area (Å²) in [6, 6.07) is 0.248. The second-order valence-corrected chi connectivity index (χ2v) is 4.36. The molecule has 1 N–H and O–H groups in total. The van der Waals surface area contributed by atoms with Gasteiger partial charge >= 0.3 is 0 Å². The number of halogens is 2. The van der Waals surface area contributed by atoms with E-state index in [1.54, 1.807) is 0 Å². The highest BCUT2D eigenvalue weighted by Gasteiger charge is 2.25. The lowest BCUT2D eigenvalue weighted by atomic mass is 9.92. The van der Waals surface area contributed by atoms with Gasteiger partial charge in [-0.2, -0.15) is 0 Å². The third-order valence-corrected chi connectivity index (χ3v) is 3.20. The van der Waals surface area contributed by atoms with E-state index in [-0.39, 0.29) is 12.6 Å². The van der Waals surface area contributed by atoms with Crippen molar-refractivity contribution in [3.05, 3.63) is 0 Å². The molecule has 1 saturated heterocycles. The normalized spacial score (nSPS) is 28.6. The zero-order valence-corrected chi connectivity index (χ0v) is 9.68. The Labute approximate surface area is 91.0 Å². The van der Waals surface area contributed by atoms with Crippen molar-refractivity contribution in [1.29, 1.82) is 0 Å². The highest BCUT2D eigenvalue weighted by Crippen LogP contribution is 2.19. The number of hydrogen-bond donors (Lipinski definition) is 1. The zero-order valence-electron chi connectivity index (χ0n) is 9.68. The number of alkyl halides is 2. The molecule has 0 radical (unpaired) electrons. The van der Waals surface area contributed by atoms with Crippen molar-refractivity contribution in [3.63, 3.8) is 0 Å². The van der Waals surface area contributed by atoms with E-state index in [1.165, 1.54) is 0 Å². The predicted octanol–water partition coefficient (Wildman–Crippen LogP) is 1.96. The molecule has 0 aromatic carbocycles. The van der Waals surface area contributed by atoms with Gasteiger partial charge in [0, 0.05) is 19.1 Å². The van der Waals surface area contributed by atoms with Crippen molar-refractivity contribution >= 4 is 0 Å². The van der Waals surface area contributed by atoms with Crippen LogP contribution in [0.15, 0.2) is 0 Å². The molecule has 0 aliphatic carbocycles. The van der Waals surface area contributed by atoms with Crippen molar-refractivity contribution in [1.82, 2.24) is 10.2 Å². The van der Waals surface area contributed by atoms with Crippen LogP contribution in [0, 0.1) is 5.92 Å². The van der Waals surface area contributed by atoms with Gasteiger partial charge in [-0.1, -0.05) is 20.3 Å². The summed E-state index contributed by atoms with van der Waals surface area (Å²) in [5.74, 6) is 0.661. The first-order valence-corrected chi connectivity index (χ1v) is 5.89. The molecule has 0 aromatic heterocycles. The summed E-state index contributed by atoms with van der Waals surface area (Å²) in [5, 5.41) is 2.96. The van der Waals surface area contributed by atoms with Crippen LogP contribution >= 0.6 is 0 Å². The van der Waals surface area contributed by atoms with Gasteiger partial charge in [-0.3, -0.25) is 0 Å². The molecule has 2 atom stereocenters. The van der Waals surface area contributed by atoms with Crippen LogP contribution in [0.3, 0.4) is 0 Å². The van der Waals surface area contributed by atoms with Crippen molar-refractivity contribution < 1.29 is 8.78 Å². The molecule has 1 aliphatic rings. The fraction of sp³-hybridized carbons (Fsp3) is 1.00. The van der Waals surface area contributed by atoms with Gasteiger partial charge in [0.1, 0.15) is 0 Å². The lowest BCUT2D eigenvalue weighted by Gasteiger charge is -2.37. The highest BCUT2D eigenvalue weighted by molar-refractivity contribution is 4.82. The molecule has 4 heteroatoms. The molecule has 1 rings (SSSR count). The molecular formula is C11H22F2N2. The summed E-state index contributed by atoms with van der Waals surface area (Å²) in [4.78, 5) is 2.35. The Bertz CT molecular complexity index is 164. The average molecular weight is 220 g/mol. The first-order valence-electron chi connectivity index (χ1n) is 5.89. The number of nitrogens with one attached hydrogen (secondary N) is 1. The molecule has 0 bridgehead atoms. The maximum Gasteiger partial charge on any atom is 0.250 e. The van der Waals surface area contributed by atoms with E-state index >= 15 is 0 Å². The first-order chi connectivity index (χ1) is 7.15. The number of hydrogen-bond acceptors (Lipinski definition) is 2. The fourth-order valence-corrected chi connectivity index (χ4v) is 2.26. The minimum absolute atomic E-state index is 0.168. The number of likely N-dealkylation sites (tertiary alicyclic amines) is 1. The Kier molecular flexibility index (Phi) is 5.47. The molecule has 0 amide bonds. The molecule has 0 aromatic rings. The maximum atomic E-state index is 12.1. The quantitative estimate of drug-likeness (QED) is 0.762. The van der Waals surface area contributed by atoms with Gasteiger partial charge in [-0.25, -0.2) is 8.78 Å². The van der Waals surface area contributed by atoms with Crippen molar-refractivity contribution in [2.75, 3.05) is 26.2 Å². The van der Waals surface area contributed by atoms with Crippen molar-refractivity contribution in [2.24, 2.45) is 5.92 Å². The third-order valence-electron chi connectivity index (χ3n) is 3.20. The van der Waals surface area contributed by atoms with E-state index < -0.39 is 6.43 Å². The summed E-state index contributed by atoms with van der Waals surface area (Å²) < 4.78 is 24.1. The first kappa shape index (κ1) is 12.8. The smallest absolute Gasteiger partial charge is 0.250 e. The third kappa shape index (κ3) is 4.43. The van der Waals surface area contributed by atoms with Gasteiger partial charge in [0.15, 0.2) is 0 Å². The summed E-state index contributed by atoms with van der Waals surface area (Å²) in [6.07, 6.45) is -0.0506. The monoisotopic (exact) mass is 220 g/mol. The Morgan fingerprint density at radius 2 is 2.07 bits per heavy atom. The molecule has 1 heterocycles. The van der Waals surface area contributed by atoms with Crippen LogP contribution in [0.2, 0.25) is 0 Å². The molecule has 1 fully saturated rings. The van der Waals surface area contributed by atoms with Crippen LogP contribution in [-0.2, 0) is 0 Å². The fourth-order valence-electron chi connectivity index (χ4n) is 2.26. The van der Waals surface area contributed by atoms with E-state index in [4.69, 9.17) is 0 Å². The molecule has 0 saturated carbocycles. The van der Waals surface area contributed by atoms with Crippen molar-refractivity contribution in [3.8, 4) is 0 Å². The Morgan fingerprint density at radius 3 is 2.60 bits per heavy atom. The Hall–Kier alpha value is -0.220. The number of nitrogens with zero attached hydrogens (tertiary/aromatic N) is 1. The van der Waals surface area contributed by atoms with E-state index in [0.717, 1.165) is 32.5 Å². The molecule has 2 nitrogen and oxygen atoms in total.